The normalized spacial score (nSPS) is 16.5. The van der Waals surface area contributed by atoms with Crippen molar-refractivity contribution in [2.75, 3.05) is 6.54 Å². The smallest absolute Gasteiger partial charge is 0.443 e. The lowest BCUT2D eigenvalue weighted by atomic mass is 10.1. The molecule has 4 aromatic rings. The van der Waals surface area contributed by atoms with Crippen molar-refractivity contribution in [3.63, 3.8) is 0 Å². The first kappa shape index (κ1) is 26.6. The Balaban J connectivity index is 1.26. The highest BCUT2D eigenvalue weighted by molar-refractivity contribution is 7.89. The second kappa shape index (κ2) is 10.3. The molecule has 1 aliphatic rings. The molecule has 0 aliphatic carbocycles. The Morgan fingerprint density at radius 1 is 1.08 bits per heavy atom. The molecule has 2 aromatic heterocycles. The molecule has 204 valence electrons. The summed E-state index contributed by atoms with van der Waals surface area (Å²) < 4.78 is 87.6. The van der Waals surface area contributed by atoms with Crippen LogP contribution in [0.3, 0.4) is 0 Å². The average molecular weight is 564 g/mol. The van der Waals surface area contributed by atoms with Crippen LogP contribution < -0.4 is 10.1 Å². The van der Waals surface area contributed by atoms with Gasteiger partial charge in [-0.05, 0) is 66.4 Å². The Kier molecular flexibility index (Phi) is 7.03. The molecule has 1 amide bonds. The molecule has 0 bridgehead atoms. The SMILES string of the molecule is O=C(NCc1cc(-c2ccc(OC(F)(F)F)cc2)ccn1)[C@@H]1CCCN1S(=O)(=O)c1cc2cc(F)ccc2o1. The van der Waals surface area contributed by atoms with E-state index in [1.54, 1.807) is 12.1 Å². The highest BCUT2D eigenvalue weighted by atomic mass is 32.2. The van der Waals surface area contributed by atoms with Gasteiger partial charge in [-0.15, -0.1) is 13.2 Å². The molecule has 1 N–H and O–H groups in total. The van der Waals surface area contributed by atoms with Gasteiger partial charge in [0.25, 0.3) is 10.0 Å². The van der Waals surface area contributed by atoms with Crippen LogP contribution in [0.25, 0.3) is 22.1 Å². The molecule has 2 aromatic carbocycles. The van der Waals surface area contributed by atoms with Crippen molar-refractivity contribution < 1.29 is 39.9 Å². The van der Waals surface area contributed by atoms with Crippen molar-refractivity contribution in [1.82, 2.24) is 14.6 Å². The number of nitrogens with zero attached hydrogens (tertiary/aromatic N) is 2. The van der Waals surface area contributed by atoms with E-state index in [4.69, 9.17) is 4.42 Å². The maximum absolute atomic E-state index is 13.5. The lowest BCUT2D eigenvalue weighted by molar-refractivity contribution is -0.274. The Labute approximate surface area is 220 Å². The zero-order chi connectivity index (χ0) is 27.8. The van der Waals surface area contributed by atoms with Gasteiger partial charge in [0, 0.05) is 24.2 Å². The molecule has 1 aliphatic heterocycles. The van der Waals surface area contributed by atoms with Crippen molar-refractivity contribution in [2.24, 2.45) is 0 Å². The summed E-state index contributed by atoms with van der Waals surface area (Å²) in [6.45, 7) is 0.115. The van der Waals surface area contributed by atoms with Crippen molar-refractivity contribution in [3.8, 4) is 16.9 Å². The predicted molar refractivity (Wildman–Crippen MR) is 131 cm³/mol. The quantitative estimate of drug-likeness (QED) is 0.318. The molecule has 1 saturated heterocycles. The third-order valence-corrected chi connectivity index (χ3v) is 7.97. The monoisotopic (exact) mass is 563 g/mol. The molecule has 3 heterocycles. The summed E-state index contributed by atoms with van der Waals surface area (Å²) in [7, 11) is -4.16. The number of aromatic nitrogens is 1. The van der Waals surface area contributed by atoms with Crippen molar-refractivity contribution in [1.29, 1.82) is 0 Å². The van der Waals surface area contributed by atoms with Crippen LogP contribution in [-0.4, -0.2) is 42.6 Å². The number of furan rings is 1. The minimum atomic E-state index is -4.79. The number of benzene rings is 2. The summed E-state index contributed by atoms with van der Waals surface area (Å²) in [5, 5.41) is 2.63. The number of carbonyl (C=O) groups excluding carboxylic acids is 1. The number of fused-ring (bicyclic) bond motifs is 1. The van der Waals surface area contributed by atoms with Gasteiger partial charge in [-0.3, -0.25) is 9.78 Å². The van der Waals surface area contributed by atoms with Crippen LogP contribution in [0.5, 0.6) is 5.75 Å². The molecule has 0 spiro atoms. The van der Waals surface area contributed by atoms with Gasteiger partial charge < -0.3 is 14.5 Å². The van der Waals surface area contributed by atoms with Crippen molar-refractivity contribution in [2.45, 2.75) is 36.9 Å². The highest BCUT2D eigenvalue weighted by Gasteiger charge is 2.41. The lowest BCUT2D eigenvalue weighted by Crippen LogP contribution is -2.45. The first-order chi connectivity index (χ1) is 18.5. The number of sulfonamides is 1. The molecular weight excluding hydrogens is 542 g/mol. The van der Waals surface area contributed by atoms with E-state index in [2.05, 4.69) is 15.0 Å². The molecule has 13 heteroatoms. The van der Waals surface area contributed by atoms with Gasteiger partial charge in [0.2, 0.25) is 11.0 Å². The summed E-state index contributed by atoms with van der Waals surface area (Å²) in [5.41, 5.74) is 1.93. The number of halogens is 4. The largest absolute Gasteiger partial charge is 0.573 e. The average Bonchev–Trinajstić information content (AvgIpc) is 3.55. The molecule has 1 fully saturated rings. The molecule has 1 atom stereocenters. The molecule has 0 unspecified atom stereocenters. The number of ether oxygens (including phenoxy) is 1. The topological polar surface area (TPSA) is 102 Å². The van der Waals surface area contributed by atoms with Gasteiger partial charge in [-0.1, -0.05) is 12.1 Å². The first-order valence-corrected chi connectivity index (χ1v) is 13.2. The van der Waals surface area contributed by atoms with Crippen LogP contribution in [0, 0.1) is 5.82 Å². The third kappa shape index (κ3) is 5.88. The summed E-state index contributed by atoms with van der Waals surface area (Å²) in [4.78, 5) is 17.2. The highest BCUT2D eigenvalue weighted by Crippen LogP contribution is 2.31. The summed E-state index contributed by atoms with van der Waals surface area (Å²) >= 11 is 0. The van der Waals surface area contributed by atoms with Crippen LogP contribution in [-0.2, 0) is 21.4 Å². The Morgan fingerprint density at radius 3 is 2.59 bits per heavy atom. The standard InChI is InChI=1S/C26H21F4N3O5S/c27-19-5-8-23-18(12-19)14-24(37-23)39(35,36)33-11-1-2-22(33)25(34)32-15-20-13-17(9-10-31-20)16-3-6-21(7-4-16)38-26(28,29)30/h3-10,12-14,22H,1-2,11,15H2,(H,32,34)/t22-/m0/s1. The van der Waals surface area contributed by atoms with Crippen LogP contribution in [0.15, 0.2) is 76.4 Å². The minimum absolute atomic E-state index is 0.00373. The Hall–Kier alpha value is -3.97. The van der Waals surface area contributed by atoms with Gasteiger partial charge in [0.15, 0.2) is 0 Å². The van der Waals surface area contributed by atoms with E-state index in [0.29, 0.717) is 35.0 Å². The number of carbonyl (C=O) groups is 1. The summed E-state index contributed by atoms with van der Waals surface area (Å²) in [6, 6.07) is 12.6. The van der Waals surface area contributed by atoms with Gasteiger partial charge in [-0.25, -0.2) is 12.8 Å². The van der Waals surface area contributed by atoms with E-state index in [9.17, 15) is 30.8 Å². The van der Waals surface area contributed by atoms with E-state index in [1.807, 2.05) is 0 Å². The van der Waals surface area contributed by atoms with E-state index >= 15 is 0 Å². The fourth-order valence-corrected chi connectivity index (χ4v) is 6.03. The van der Waals surface area contributed by atoms with E-state index in [1.165, 1.54) is 42.6 Å². The molecule has 0 saturated carbocycles. The van der Waals surface area contributed by atoms with Crippen LogP contribution in [0.1, 0.15) is 18.5 Å². The maximum atomic E-state index is 13.5. The fraction of sp³-hybridized carbons (Fsp3) is 0.231. The minimum Gasteiger partial charge on any atom is -0.443 e. The van der Waals surface area contributed by atoms with E-state index in [0.717, 1.165) is 16.4 Å². The van der Waals surface area contributed by atoms with Crippen LogP contribution >= 0.6 is 0 Å². The van der Waals surface area contributed by atoms with Gasteiger partial charge >= 0.3 is 6.36 Å². The summed E-state index contributed by atoms with van der Waals surface area (Å²) in [6.07, 6.45) is -2.52. The molecule has 0 radical (unpaired) electrons. The molecular formula is C26H21F4N3O5S. The number of nitrogens with one attached hydrogen (secondary N) is 1. The van der Waals surface area contributed by atoms with Gasteiger partial charge in [0.05, 0.1) is 12.2 Å². The molecule has 8 nitrogen and oxygen atoms in total. The predicted octanol–water partition coefficient (Wildman–Crippen LogP) is 5.00. The van der Waals surface area contributed by atoms with Crippen molar-refractivity contribution in [3.05, 3.63) is 78.4 Å². The Bertz CT molecular complexity index is 1620. The Morgan fingerprint density at radius 2 is 1.85 bits per heavy atom. The van der Waals surface area contributed by atoms with Gasteiger partial charge in [-0.2, -0.15) is 4.31 Å². The second-order valence-electron chi connectivity index (χ2n) is 8.85. The fourth-order valence-electron chi connectivity index (χ4n) is 4.42. The van der Waals surface area contributed by atoms with Crippen molar-refractivity contribution >= 4 is 26.9 Å². The molecule has 39 heavy (non-hydrogen) atoms. The second-order valence-corrected chi connectivity index (χ2v) is 10.7. The number of pyridine rings is 1. The van der Waals surface area contributed by atoms with Crippen LogP contribution in [0.2, 0.25) is 0 Å². The number of alkyl halides is 3. The third-order valence-electron chi connectivity index (χ3n) is 6.21. The first-order valence-electron chi connectivity index (χ1n) is 11.8. The zero-order valence-electron chi connectivity index (χ0n) is 20.1. The summed E-state index contributed by atoms with van der Waals surface area (Å²) in [5.74, 6) is -1.39. The van der Waals surface area contributed by atoms with E-state index < -0.39 is 34.2 Å². The number of hydrogen-bond donors (Lipinski definition) is 1. The van der Waals surface area contributed by atoms with Crippen LogP contribution in [0.4, 0.5) is 17.6 Å². The lowest BCUT2D eigenvalue weighted by Gasteiger charge is -2.22. The zero-order valence-corrected chi connectivity index (χ0v) is 20.9. The maximum Gasteiger partial charge on any atom is 0.573 e. The number of hydrogen-bond acceptors (Lipinski definition) is 6. The molecule has 5 rings (SSSR count). The number of amides is 1. The number of rotatable bonds is 7. The van der Waals surface area contributed by atoms with Gasteiger partial charge in [0.1, 0.15) is 23.2 Å². The van der Waals surface area contributed by atoms with E-state index in [-0.39, 0.29) is 29.5 Å².